The number of carbonyl (C=O) groups is 2. The normalized spacial score (nSPS) is 33.6. The van der Waals surface area contributed by atoms with Crippen LogP contribution in [0.1, 0.15) is 48.9 Å². The molecule has 4 aliphatic rings. The smallest absolute Gasteiger partial charge is 0.312 e. The van der Waals surface area contributed by atoms with Crippen molar-refractivity contribution in [1.29, 1.82) is 0 Å². The summed E-state index contributed by atoms with van der Waals surface area (Å²) in [6.45, 7) is -0.335. The molecule has 4 bridgehead atoms. The molecule has 6 heteroatoms. The van der Waals surface area contributed by atoms with Gasteiger partial charge in [-0.2, -0.15) is 0 Å². The molecule has 0 saturated heterocycles. The molecule has 1 aromatic rings. The van der Waals surface area contributed by atoms with Crippen LogP contribution >= 0.6 is 0 Å². The molecule has 6 nitrogen and oxygen atoms in total. The maximum Gasteiger partial charge on any atom is 0.312 e. The summed E-state index contributed by atoms with van der Waals surface area (Å²) in [6.07, 6.45) is 4.67. The molecule has 0 spiro atoms. The summed E-state index contributed by atoms with van der Waals surface area (Å²) in [4.78, 5) is 25.5. The molecule has 27 heavy (non-hydrogen) atoms. The number of methoxy groups -OCH3 is 2. The van der Waals surface area contributed by atoms with Crippen LogP contribution in [-0.2, 0) is 9.53 Å². The van der Waals surface area contributed by atoms with Crippen molar-refractivity contribution in [1.82, 2.24) is 0 Å². The van der Waals surface area contributed by atoms with E-state index < -0.39 is 11.0 Å². The first kappa shape index (κ1) is 18.3. The number of ketones is 1. The Kier molecular flexibility index (Phi) is 4.41. The maximum atomic E-state index is 12.9. The van der Waals surface area contributed by atoms with Gasteiger partial charge in [-0.1, -0.05) is 0 Å². The summed E-state index contributed by atoms with van der Waals surface area (Å²) in [5, 5.41) is 10.8. The summed E-state index contributed by atoms with van der Waals surface area (Å²) in [5.74, 6) is 1.05. The Balaban J connectivity index is 1.46. The molecule has 0 amide bonds. The maximum absolute atomic E-state index is 12.9. The lowest BCUT2D eigenvalue weighted by Crippen LogP contribution is -2.58. The number of aliphatic hydroxyl groups is 1. The highest BCUT2D eigenvalue weighted by atomic mass is 16.5. The van der Waals surface area contributed by atoms with E-state index in [0.29, 0.717) is 35.3 Å². The van der Waals surface area contributed by atoms with E-state index >= 15 is 0 Å². The monoisotopic (exact) mass is 374 g/mol. The number of Topliss-reactive ketones (excluding diaryl/α,β-unsaturated/α-hetero) is 1. The molecule has 0 aliphatic heterocycles. The van der Waals surface area contributed by atoms with Crippen LogP contribution in [0.2, 0.25) is 0 Å². The molecule has 4 fully saturated rings. The number of carbonyl (C=O) groups excluding carboxylic acids is 2. The Morgan fingerprint density at radius 2 is 1.81 bits per heavy atom. The van der Waals surface area contributed by atoms with E-state index in [9.17, 15) is 14.7 Å². The third-order valence-corrected chi connectivity index (χ3v) is 6.50. The second-order valence-corrected chi connectivity index (χ2v) is 8.53. The fourth-order valence-corrected chi connectivity index (χ4v) is 5.85. The average molecular weight is 374 g/mol. The van der Waals surface area contributed by atoms with Crippen molar-refractivity contribution < 1.29 is 28.9 Å². The molecule has 1 N–H and O–H groups in total. The highest BCUT2D eigenvalue weighted by molar-refractivity contribution is 6.01. The van der Waals surface area contributed by atoms with E-state index in [-0.39, 0.29) is 18.4 Å². The zero-order chi connectivity index (χ0) is 19.2. The van der Waals surface area contributed by atoms with Crippen molar-refractivity contribution in [2.75, 3.05) is 20.8 Å². The van der Waals surface area contributed by atoms with Gasteiger partial charge >= 0.3 is 5.97 Å². The first-order valence-electron chi connectivity index (χ1n) is 9.51. The van der Waals surface area contributed by atoms with Crippen LogP contribution in [0.5, 0.6) is 11.5 Å². The van der Waals surface area contributed by atoms with E-state index in [1.165, 1.54) is 14.2 Å². The highest BCUT2D eigenvalue weighted by Gasteiger charge is 2.60. The van der Waals surface area contributed by atoms with Gasteiger partial charge in [-0.25, -0.2) is 0 Å². The van der Waals surface area contributed by atoms with Gasteiger partial charge in [-0.3, -0.25) is 9.59 Å². The van der Waals surface area contributed by atoms with Crippen molar-refractivity contribution in [3.63, 3.8) is 0 Å². The van der Waals surface area contributed by atoms with Crippen molar-refractivity contribution in [2.24, 2.45) is 17.3 Å². The van der Waals surface area contributed by atoms with Gasteiger partial charge in [0.25, 0.3) is 0 Å². The van der Waals surface area contributed by atoms with Crippen LogP contribution < -0.4 is 9.47 Å². The molecule has 0 radical (unpaired) electrons. The van der Waals surface area contributed by atoms with Crippen LogP contribution in [-0.4, -0.2) is 43.3 Å². The Morgan fingerprint density at radius 3 is 2.41 bits per heavy atom. The molecule has 2 unspecified atom stereocenters. The predicted octanol–water partition coefficient (Wildman–Crippen LogP) is 2.76. The second-order valence-electron chi connectivity index (χ2n) is 8.53. The fraction of sp³-hybridized carbons (Fsp3) is 0.619. The molecule has 0 aromatic heterocycles. The predicted molar refractivity (Wildman–Crippen MR) is 96.9 cm³/mol. The molecule has 1 aromatic carbocycles. The summed E-state index contributed by atoms with van der Waals surface area (Å²) in [5.41, 5.74) is -1.03. The summed E-state index contributed by atoms with van der Waals surface area (Å²) < 4.78 is 15.9. The number of hydrogen-bond acceptors (Lipinski definition) is 6. The largest absolute Gasteiger partial charge is 0.497 e. The van der Waals surface area contributed by atoms with E-state index in [0.717, 1.165) is 32.1 Å². The number of hydrogen-bond donors (Lipinski definition) is 1. The van der Waals surface area contributed by atoms with Crippen molar-refractivity contribution in [3.8, 4) is 11.5 Å². The van der Waals surface area contributed by atoms with E-state index in [1.807, 2.05) is 0 Å². The van der Waals surface area contributed by atoms with Crippen LogP contribution in [0, 0.1) is 17.3 Å². The summed E-state index contributed by atoms with van der Waals surface area (Å²) in [6, 6.07) is 4.95. The van der Waals surface area contributed by atoms with Gasteiger partial charge in [0.2, 0.25) is 5.78 Å². The van der Waals surface area contributed by atoms with Gasteiger partial charge in [0.05, 0.1) is 30.8 Å². The SMILES string of the molecule is COc1ccc(OC)c(C(=O)COC(=O)C23C[C@@H]4C[C@@H](CC(O)(C4)C2)C3)c1. The van der Waals surface area contributed by atoms with Gasteiger partial charge in [0.15, 0.2) is 6.61 Å². The van der Waals surface area contributed by atoms with Crippen LogP contribution in [0.15, 0.2) is 18.2 Å². The minimum Gasteiger partial charge on any atom is -0.497 e. The minimum atomic E-state index is -0.733. The number of benzene rings is 1. The van der Waals surface area contributed by atoms with Crippen molar-refractivity contribution in [2.45, 2.75) is 44.1 Å². The van der Waals surface area contributed by atoms with Gasteiger partial charge in [0.1, 0.15) is 11.5 Å². The van der Waals surface area contributed by atoms with Crippen LogP contribution in [0.3, 0.4) is 0 Å². The van der Waals surface area contributed by atoms with Gasteiger partial charge in [-0.15, -0.1) is 0 Å². The van der Waals surface area contributed by atoms with Gasteiger partial charge < -0.3 is 19.3 Å². The lowest BCUT2D eigenvalue weighted by molar-refractivity contribution is -0.195. The highest BCUT2D eigenvalue weighted by Crippen LogP contribution is 2.61. The minimum absolute atomic E-state index is 0.328. The first-order valence-corrected chi connectivity index (χ1v) is 9.51. The lowest BCUT2D eigenvalue weighted by Gasteiger charge is -2.58. The molecular formula is C21H26O6. The molecule has 4 aliphatic carbocycles. The molecule has 4 saturated carbocycles. The van der Waals surface area contributed by atoms with E-state index in [4.69, 9.17) is 14.2 Å². The Morgan fingerprint density at radius 1 is 1.11 bits per heavy atom. The number of rotatable bonds is 6. The lowest BCUT2D eigenvalue weighted by atomic mass is 9.48. The third-order valence-electron chi connectivity index (χ3n) is 6.50. The van der Waals surface area contributed by atoms with Crippen LogP contribution in [0.4, 0.5) is 0 Å². The topological polar surface area (TPSA) is 82.1 Å². The standard InChI is InChI=1S/C21H26O6/c1-25-15-3-4-18(26-2)16(6-15)17(22)11-27-19(23)20-7-13-5-14(8-20)10-21(24,9-13)12-20/h3-4,6,13-14,24H,5,7-12H2,1-2H3/t13-,14+,20?,21?. The second kappa shape index (κ2) is 6.51. The van der Waals surface area contributed by atoms with Crippen molar-refractivity contribution >= 4 is 11.8 Å². The first-order chi connectivity index (χ1) is 12.9. The van der Waals surface area contributed by atoms with Gasteiger partial charge in [-0.05, 0) is 68.6 Å². The van der Waals surface area contributed by atoms with Crippen molar-refractivity contribution in [3.05, 3.63) is 23.8 Å². The fourth-order valence-electron chi connectivity index (χ4n) is 5.85. The van der Waals surface area contributed by atoms with Gasteiger partial charge in [0, 0.05) is 0 Å². The Labute approximate surface area is 158 Å². The van der Waals surface area contributed by atoms with E-state index in [2.05, 4.69) is 0 Å². The molecular weight excluding hydrogens is 348 g/mol. The van der Waals surface area contributed by atoms with Crippen LogP contribution in [0.25, 0.3) is 0 Å². The zero-order valence-corrected chi connectivity index (χ0v) is 15.8. The molecule has 5 rings (SSSR count). The molecule has 146 valence electrons. The Hall–Kier alpha value is -2.08. The third kappa shape index (κ3) is 3.20. The Bertz CT molecular complexity index is 756. The quantitative estimate of drug-likeness (QED) is 0.609. The average Bonchev–Trinajstić information content (AvgIpc) is 2.63. The zero-order valence-electron chi connectivity index (χ0n) is 15.8. The molecule has 0 heterocycles. The number of esters is 1. The summed E-state index contributed by atoms with van der Waals surface area (Å²) >= 11 is 0. The summed E-state index contributed by atoms with van der Waals surface area (Å²) in [7, 11) is 3.01. The van der Waals surface area contributed by atoms with E-state index in [1.54, 1.807) is 18.2 Å². The number of ether oxygens (including phenoxy) is 3. The molecule has 4 atom stereocenters.